The van der Waals surface area contributed by atoms with Gasteiger partial charge < -0.3 is 14.4 Å². The van der Waals surface area contributed by atoms with E-state index >= 15 is 0 Å². The molecule has 0 unspecified atom stereocenters. The number of fused-ring (bicyclic) bond motifs is 3. The molecule has 1 aromatic carbocycles. The Morgan fingerprint density at radius 3 is 2.71 bits per heavy atom. The number of rotatable bonds is 6. The Labute approximate surface area is 142 Å². The van der Waals surface area contributed by atoms with E-state index in [1.807, 2.05) is 30.7 Å². The van der Waals surface area contributed by atoms with Crippen molar-refractivity contribution in [2.24, 2.45) is 5.92 Å². The maximum atomic E-state index is 9.88. The van der Waals surface area contributed by atoms with Crippen LogP contribution < -0.4 is 4.74 Å². The number of ether oxygens (including phenoxy) is 1. The van der Waals surface area contributed by atoms with Crippen LogP contribution in [0.25, 0.3) is 21.9 Å². The average Bonchev–Trinajstić information content (AvgIpc) is 2.88. The molecule has 0 radical (unpaired) electrons. The van der Waals surface area contributed by atoms with E-state index in [2.05, 4.69) is 28.4 Å². The molecule has 5 heteroatoms. The first kappa shape index (κ1) is 16.7. The average molecular weight is 327 g/mol. The van der Waals surface area contributed by atoms with Crippen molar-refractivity contribution in [2.75, 3.05) is 6.61 Å². The molecule has 2 aromatic heterocycles. The van der Waals surface area contributed by atoms with E-state index < -0.39 is 5.60 Å². The standard InChI is InChI=1S/C19H25N3O2/c1-13(2)11-22-12-21-15-10-20-14-6-5-7-16(17(14)18(15)22)24-9-8-19(3,4)23/h5-7,10,12-13,23H,8-9,11H2,1-4H3. The summed E-state index contributed by atoms with van der Waals surface area (Å²) < 4.78 is 8.17. The summed E-state index contributed by atoms with van der Waals surface area (Å²) >= 11 is 0. The highest BCUT2D eigenvalue weighted by atomic mass is 16.5. The number of nitrogens with zero attached hydrogens (tertiary/aromatic N) is 3. The quantitative estimate of drug-likeness (QED) is 0.748. The van der Waals surface area contributed by atoms with Crippen LogP contribution in [0, 0.1) is 5.92 Å². The minimum Gasteiger partial charge on any atom is -0.493 e. The van der Waals surface area contributed by atoms with E-state index in [0.29, 0.717) is 18.9 Å². The van der Waals surface area contributed by atoms with Crippen molar-refractivity contribution >= 4 is 21.9 Å². The summed E-state index contributed by atoms with van der Waals surface area (Å²) in [6.07, 6.45) is 4.26. The predicted molar refractivity (Wildman–Crippen MR) is 96.3 cm³/mol. The molecule has 0 aliphatic heterocycles. The zero-order valence-electron chi connectivity index (χ0n) is 14.8. The molecule has 3 aromatic rings. The second-order valence-electron chi connectivity index (χ2n) is 7.34. The molecule has 0 spiro atoms. The zero-order valence-corrected chi connectivity index (χ0v) is 14.8. The van der Waals surface area contributed by atoms with E-state index in [1.165, 1.54) is 0 Å². The summed E-state index contributed by atoms with van der Waals surface area (Å²) in [4.78, 5) is 9.00. The van der Waals surface area contributed by atoms with Gasteiger partial charge in [0.05, 0.1) is 41.2 Å². The highest BCUT2D eigenvalue weighted by Crippen LogP contribution is 2.32. The Morgan fingerprint density at radius 1 is 1.21 bits per heavy atom. The van der Waals surface area contributed by atoms with Crippen LogP contribution in [0.2, 0.25) is 0 Å². The fourth-order valence-corrected chi connectivity index (χ4v) is 2.82. The number of aromatic nitrogens is 3. The van der Waals surface area contributed by atoms with Crippen molar-refractivity contribution in [3.8, 4) is 5.75 Å². The monoisotopic (exact) mass is 327 g/mol. The molecule has 0 amide bonds. The van der Waals surface area contributed by atoms with Gasteiger partial charge in [-0.1, -0.05) is 19.9 Å². The van der Waals surface area contributed by atoms with Gasteiger partial charge in [0, 0.05) is 13.0 Å². The molecule has 128 valence electrons. The van der Waals surface area contributed by atoms with Crippen molar-refractivity contribution in [3.63, 3.8) is 0 Å². The molecule has 0 aliphatic carbocycles. The SMILES string of the molecule is CC(C)Cn1cnc2cnc3cccc(OCCC(C)(C)O)c3c21. The van der Waals surface area contributed by atoms with Crippen molar-refractivity contribution in [1.29, 1.82) is 0 Å². The van der Waals surface area contributed by atoms with E-state index in [4.69, 9.17) is 4.74 Å². The third kappa shape index (κ3) is 3.51. The first-order chi connectivity index (χ1) is 11.3. The maximum Gasteiger partial charge on any atom is 0.130 e. The van der Waals surface area contributed by atoms with Gasteiger partial charge in [0.1, 0.15) is 11.3 Å². The molecule has 0 saturated heterocycles. The number of imidazole rings is 1. The maximum absolute atomic E-state index is 9.88. The zero-order chi connectivity index (χ0) is 17.3. The second kappa shape index (κ2) is 6.40. The summed E-state index contributed by atoms with van der Waals surface area (Å²) in [6, 6.07) is 5.90. The molecule has 0 fully saturated rings. The highest BCUT2D eigenvalue weighted by molar-refractivity contribution is 6.05. The summed E-state index contributed by atoms with van der Waals surface area (Å²) in [5, 5.41) is 10.9. The number of benzene rings is 1. The number of hydrogen-bond donors (Lipinski definition) is 1. The molecule has 0 bridgehead atoms. The molecular weight excluding hydrogens is 302 g/mol. The Balaban J connectivity index is 2.07. The topological polar surface area (TPSA) is 60.2 Å². The third-order valence-corrected chi connectivity index (χ3v) is 3.97. The van der Waals surface area contributed by atoms with Gasteiger partial charge in [-0.05, 0) is 31.9 Å². The number of pyridine rings is 1. The highest BCUT2D eigenvalue weighted by Gasteiger charge is 2.16. The van der Waals surface area contributed by atoms with Crippen LogP contribution in [0.5, 0.6) is 5.75 Å². The lowest BCUT2D eigenvalue weighted by Gasteiger charge is -2.18. The van der Waals surface area contributed by atoms with Crippen LogP contribution in [0.15, 0.2) is 30.7 Å². The van der Waals surface area contributed by atoms with Crippen LogP contribution in [0.1, 0.15) is 34.1 Å². The van der Waals surface area contributed by atoms with Gasteiger partial charge in [-0.2, -0.15) is 0 Å². The van der Waals surface area contributed by atoms with Crippen molar-refractivity contribution in [1.82, 2.24) is 14.5 Å². The molecule has 24 heavy (non-hydrogen) atoms. The second-order valence-corrected chi connectivity index (χ2v) is 7.34. The molecule has 1 N–H and O–H groups in total. The lowest BCUT2D eigenvalue weighted by atomic mass is 10.1. The molecular formula is C19H25N3O2. The fraction of sp³-hybridized carbons (Fsp3) is 0.474. The summed E-state index contributed by atoms with van der Waals surface area (Å²) in [5.74, 6) is 1.31. The largest absolute Gasteiger partial charge is 0.493 e. The van der Waals surface area contributed by atoms with Gasteiger partial charge in [0.15, 0.2) is 0 Å². The van der Waals surface area contributed by atoms with Crippen molar-refractivity contribution in [3.05, 3.63) is 30.7 Å². The van der Waals surface area contributed by atoms with Gasteiger partial charge in [-0.3, -0.25) is 4.98 Å². The van der Waals surface area contributed by atoms with Gasteiger partial charge in [-0.15, -0.1) is 0 Å². The number of hydrogen-bond acceptors (Lipinski definition) is 4. The van der Waals surface area contributed by atoms with Gasteiger partial charge in [0.2, 0.25) is 0 Å². The van der Waals surface area contributed by atoms with Gasteiger partial charge in [0.25, 0.3) is 0 Å². The molecule has 0 aliphatic rings. The molecule has 0 atom stereocenters. The molecule has 0 saturated carbocycles. The van der Waals surface area contributed by atoms with E-state index in [9.17, 15) is 5.11 Å². The molecule has 5 nitrogen and oxygen atoms in total. The van der Waals surface area contributed by atoms with Crippen LogP contribution in [-0.2, 0) is 6.54 Å². The Bertz CT molecular complexity index is 847. The van der Waals surface area contributed by atoms with Gasteiger partial charge in [-0.25, -0.2) is 4.98 Å². The lowest BCUT2D eigenvalue weighted by molar-refractivity contribution is 0.0555. The smallest absolute Gasteiger partial charge is 0.130 e. The lowest BCUT2D eigenvalue weighted by Crippen LogP contribution is -2.21. The van der Waals surface area contributed by atoms with Crippen molar-refractivity contribution in [2.45, 2.75) is 46.3 Å². The molecule has 2 heterocycles. The molecule has 3 rings (SSSR count). The Hall–Kier alpha value is -2.14. The van der Waals surface area contributed by atoms with Crippen molar-refractivity contribution < 1.29 is 9.84 Å². The minimum absolute atomic E-state index is 0.456. The summed E-state index contributed by atoms with van der Waals surface area (Å²) in [7, 11) is 0. The predicted octanol–water partition coefficient (Wildman–Crippen LogP) is 3.78. The minimum atomic E-state index is -0.739. The van der Waals surface area contributed by atoms with Crippen LogP contribution >= 0.6 is 0 Å². The third-order valence-electron chi connectivity index (χ3n) is 3.97. The Morgan fingerprint density at radius 2 is 2.00 bits per heavy atom. The van der Waals surface area contributed by atoms with Crippen LogP contribution in [0.3, 0.4) is 0 Å². The first-order valence-electron chi connectivity index (χ1n) is 8.43. The Kier molecular flexibility index (Phi) is 4.45. The summed E-state index contributed by atoms with van der Waals surface area (Å²) in [6.45, 7) is 9.31. The van der Waals surface area contributed by atoms with Crippen LogP contribution in [-0.4, -0.2) is 31.8 Å². The first-order valence-corrected chi connectivity index (χ1v) is 8.43. The van der Waals surface area contributed by atoms with E-state index in [0.717, 1.165) is 34.2 Å². The van der Waals surface area contributed by atoms with Gasteiger partial charge >= 0.3 is 0 Å². The number of aliphatic hydroxyl groups is 1. The van der Waals surface area contributed by atoms with E-state index in [1.54, 1.807) is 13.8 Å². The summed E-state index contributed by atoms with van der Waals surface area (Å²) in [5.41, 5.74) is 2.10. The fourth-order valence-electron chi connectivity index (χ4n) is 2.82. The normalized spacial score (nSPS) is 12.4. The van der Waals surface area contributed by atoms with Crippen LogP contribution in [0.4, 0.5) is 0 Å². The van der Waals surface area contributed by atoms with E-state index in [-0.39, 0.29) is 0 Å².